The quantitative estimate of drug-likeness (QED) is 0.395. The van der Waals surface area contributed by atoms with Crippen molar-refractivity contribution >= 4 is 23.0 Å². The molecule has 33 heavy (non-hydrogen) atoms. The summed E-state index contributed by atoms with van der Waals surface area (Å²) in [5.41, 5.74) is 3.12. The number of carbonyl (C=O) groups is 1. The van der Waals surface area contributed by atoms with Gasteiger partial charge in [-0.3, -0.25) is 4.79 Å². The number of carbonyl (C=O) groups excluding carboxylic acids is 1. The smallest absolute Gasteiger partial charge is 0.244 e. The summed E-state index contributed by atoms with van der Waals surface area (Å²) >= 11 is 0. The number of methoxy groups -OCH3 is 2. The molecule has 0 fully saturated rings. The van der Waals surface area contributed by atoms with Gasteiger partial charge in [0.1, 0.15) is 17.3 Å². The van der Waals surface area contributed by atoms with E-state index >= 15 is 0 Å². The van der Waals surface area contributed by atoms with E-state index in [2.05, 4.69) is 15.3 Å². The Kier molecular flexibility index (Phi) is 6.35. The summed E-state index contributed by atoms with van der Waals surface area (Å²) in [6.07, 6.45) is 6.32. The molecule has 0 unspecified atom stereocenters. The highest BCUT2D eigenvalue weighted by atomic mass is 19.1. The van der Waals surface area contributed by atoms with E-state index in [9.17, 15) is 13.6 Å². The summed E-state index contributed by atoms with van der Waals surface area (Å²) in [4.78, 5) is 19.7. The number of nitrogens with zero attached hydrogens (tertiary/aromatic N) is 1. The molecule has 0 radical (unpaired) electrons. The van der Waals surface area contributed by atoms with E-state index < -0.39 is 11.6 Å². The van der Waals surface area contributed by atoms with E-state index in [1.807, 2.05) is 6.07 Å². The van der Waals surface area contributed by atoms with Crippen LogP contribution in [0.2, 0.25) is 0 Å². The molecular weight excluding hydrogens is 428 g/mol. The van der Waals surface area contributed by atoms with Crippen LogP contribution in [0, 0.1) is 11.6 Å². The van der Waals surface area contributed by atoms with Gasteiger partial charge in [0.2, 0.25) is 5.91 Å². The first-order valence-corrected chi connectivity index (χ1v) is 10.1. The third-order valence-corrected chi connectivity index (χ3v) is 5.09. The van der Waals surface area contributed by atoms with Gasteiger partial charge in [-0.15, -0.1) is 0 Å². The number of fused-ring (bicyclic) bond motifs is 1. The lowest BCUT2D eigenvalue weighted by atomic mass is 10.1. The summed E-state index contributed by atoms with van der Waals surface area (Å²) in [6, 6.07) is 10.5. The van der Waals surface area contributed by atoms with Crippen LogP contribution in [0.15, 0.2) is 60.9 Å². The minimum absolute atomic E-state index is 0.282. The third-order valence-electron chi connectivity index (χ3n) is 5.09. The van der Waals surface area contributed by atoms with Crippen molar-refractivity contribution in [3.8, 4) is 22.6 Å². The summed E-state index contributed by atoms with van der Waals surface area (Å²) in [6.45, 7) is 0.314. The number of halogens is 2. The number of ether oxygens (including phenoxy) is 2. The zero-order chi connectivity index (χ0) is 23.4. The number of hydrogen-bond donors (Lipinski definition) is 2. The van der Waals surface area contributed by atoms with Crippen LogP contribution in [0.4, 0.5) is 8.78 Å². The molecule has 0 atom stereocenters. The number of H-pyrrole nitrogens is 1. The van der Waals surface area contributed by atoms with Gasteiger partial charge in [0, 0.05) is 47.6 Å². The van der Waals surface area contributed by atoms with Crippen molar-refractivity contribution in [2.24, 2.45) is 0 Å². The first-order chi connectivity index (χ1) is 16.0. The molecule has 1 amide bonds. The van der Waals surface area contributed by atoms with Crippen molar-refractivity contribution in [1.29, 1.82) is 0 Å². The second-order valence-electron chi connectivity index (χ2n) is 7.26. The van der Waals surface area contributed by atoms with Crippen molar-refractivity contribution < 1.29 is 23.0 Å². The normalized spacial score (nSPS) is 11.2. The maximum Gasteiger partial charge on any atom is 0.244 e. The van der Waals surface area contributed by atoms with Gasteiger partial charge in [-0.25, -0.2) is 13.8 Å². The van der Waals surface area contributed by atoms with Crippen molar-refractivity contribution in [2.45, 2.75) is 6.54 Å². The molecule has 0 aliphatic heterocycles. The van der Waals surface area contributed by atoms with Crippen LogP contribution < -0.4 is 14.8 Å². The number of aromatic amines is 1. The van der Waals surface area contributed by atoms with Gasteiger partial charge in [0.25, 0.3) is 0 Å². The number of hydrogen-bond acceptors (Lipinski definition) is 4. The van der Waals surface area contributed by atoms with Crippen molar-refractivity contribution in [1.82, 2.24) is 15.3 Å². The van der Waals surface area contributed by atoms with Crippen molar-refractivity contribution in [2.75, 3.05) is 14.2 Å². The van der Waals surface area contributed by atoms with Gasteiger partial charge >= 0.3 is 0 Å². The fourth-order valence-electron chi connectivity index (χ4n) is 3.44. The summed E-state index contributed by atoms with van der Waals surface area (Å²) in [7, 11) is 3.11. The van der Waals surface area contributed by atoms with E-state index in [1.54, 1.807) is 44.7 Å². The number of benzene rings is 2. The number of aromatic nitrogens is 2. The molecule has 4 aromatic rings. The SMILES string of the molecule is COc1ccc(CNC(=O)/C=C/c2c[nH]c3ncc(-c4cc(F)cc(F)c4)cc23)cc1OC. The highest BCUT2D eigenvalue weighted by Crippen LogP contribution is 2.28. The van der Waals surface area contributed by atoms with E-state index in [0.29, 0.717) is 34.8 Å². The van der Waals surface area contributed by atoms with Gasteiger partial charge in [-0.2, -0.15) is 0 Å². The standard InChI is InChI=1S/C25H21F2N3O3/c1-32-22-5-3-15(7-23(22)33-2)12-28-24(31)6-4-16-13-29-25-21(16)10-18(14-30-25)17-8-19(26)11-20(27)9-17/h3-11,13-14H,12H2,1-2H3,(H,28,31)(H,29,30)/b6-4+. The van der Waals surface area contributed by atoms with E-state index in [0.717, 1.165) is 22.6 Å². The predicted molar refractivity (Wildman–Crippen MR) is 122 cm³/mol. The van der Waals surface area contributed by atoms with Gasteiger partial charge in [-0.05, 0) is 47.5 Å². The molecule has 2 N–H and O–H groups in total. The summed E-state index contributed by atoms with van der Waals surface area (Å²) < 4.78 is 37.7. The molecular formula is C25H21F2N3O3. The van der Waals surface area contributed by atoms with Crippen LogP contribution in [0.25, 0.3) is 28.2 Å². The Hall–Kier alpha value is -4.20. The number of rotatable bonds is 7. The fourth-order valence-corrected chi connectivity index (χ4v) is 3.44. The maximum absolute atomic E-state index is 13.6. The number of amides is 1. The Bertz CT molecular complexity index is 1330. The molecule has 0 bridgehead atoms. The topological polar surface area (TPSA) is 76.2 Å². The second-order valence-corrected chi connectivity index (χ2v) is 7.26. The van der Waals surface area contributed by atoms with Gasteiger partial charge in [0.15, 0.2) is 11.5 Å². The van der Waals surface area contributed by atoms with Crippen LogP contribution in [0.3, 0.4) is 0 Å². The lowest BCUT2D eigenvalue weighted by Gasteiger charge is -2.09. The Balaban J connectivity index is 1.49. The largest absolute Gasteiger partial charge is 0.493 e. The van der Waals surface area contributed by atoms with Crippen LogP contribution in [-0.4, -0.2) is 30.1 Å². The van der Waals surface area contributed by atoms with Crippen LogP contribution >= 0.6 is 0 Å². The molecule has 168 valence electrons. The van der Waals surface area contributed by atoms with E-state index in [1.165, 1.54) is 24.4 Å². The lowest BCUT2D eigenvalue weighted by Crippen LogP contribution is -2.20. The summed E-state index contributed by atoms with van der Waals surface area (Å²) in [5, 5.41) is 3.54. The Labute approximate surface area is 188 Å². The van der Waals surface area contributed by atoms with Crippen LogP contribution in [-0.2, 0) is 11.3 Å². The Morgan fingerprint density at radius 2 is 1.79 bits per heavy atom. The zero-order valence-electron chi connectivity index (χ0n) is 18.0. The molecule has 2 aromatic carbocycles. The maximum atomic E-state index is 13.6. The van der Waals surface area contributed by atoms with Crippen molar-refractivity contribution in [3.05, 3.63) is 83.7 Å². The molecule has 0 aliphatic rings. The van der Waals surface area contributed by atoms with E-state index in [4.69, 9.17) is 9.47 Å². The minimum atomic E-state index is -0.662. The Morgan fingerprint density at radius 1 is 1.03 bits per heavy atom. The summed E-state index contributed by atoms with van der Waals surface area (Å²) in [5.74, 6) is -0.410. The highest BCUT2D eigenvalue weighted by molar-refractivity contribution is 5.96. The average molecular weight is 449 g/mol. The molecule has 2 aromatic heterocycles. The van der Waals surface area contributed by atoms with Crippen molar-refractivity contribution in [3.63, 3.8) is 0 Å². The molecule has 6 nitrogen and oxygen atoms in total. The predicted octanol–water partition coefficient (Wildman–Crippen LogP) is 4.85. The van der Waals surface area contributed by atoms with Gasteiger partial charge < -0.3 is 19.8 Å². The van der Waals surface area contributed by atoms with E-state index in [-0.39, 0.29) is 5.91 Å². The lowest BCUT2D eigenvalue weighted by molar-refractivity contribution is -0.116. The molecule has 4 rings (SSSR count). The molecule has 8 heteroatoms. The third kappa shape index (κ3) is 5.01. The fraction of sp³-hybridized carbons (Fsp3) is 0.120. The zero-order valence-corrected chi connectivity index (χ0v) is 18.0. The molecule has 0 saturated carbocycles. The number of pyridine rings is 1. The monoisotopic (exact) mass is 449 g/mol. The Morgan fingerprint density at radius 3 is 2.52 bits per heavy atom. The number of nitrogens with one attached hydrogen (secondary N) is 2. The molecule has 2 heterocycles. The molecule has 0 saturated heterocycles. The van der Waals surface area contributed by atoms with Gasteiger partial charge in [-0.1, -0.05) is 6.07 Å². The van der Waals surface area contributed by atoms with Crippen LogP contribution in [0.1, 0.15) is 11.1 Å². The molecule has 0 spiro atoms. The first kappa shape index (κ1) is 22.0. The van der Waals surface area contributed by atoms with Crippen LogP contribution in [0.5, 0.6) is 11.5 Å². The average Bonchev–Trinajstić information content (AvgIpc) is 3.22. The minimum Gasteiger partial charge on any atom is -0.493 e. The molecule has 0 aliphatic carbocycles. The van der Waals surface area contributed by atoms with Gasteiger partial charge in [0.05, 0.1) is 14.2 Å². The highest BCUT2D eigenvalue weighted by Gasteiger charge is 2.09. The second kappa shape index (κ2) is 9.52. The first-order valence-electron chi connectivity index (χ1n) is 10.1.